The number of carbonyl (C=O) groups is 1. The van der Waals surface area contributed by atoms with Gasteiger partial charge in [-0.25, -0.2) is 4.39 Å². The molecule has 1 amide bonds. The van der Waals surface area contributed by atoms with Crippen LogP contribution in [0.25, 0.3) is 10.8 Å². The zero-order valence-corrected chi connectivity index (χ0v) is 15.5. The quantitative estimate of drug-likeness (QED) is 0.692. The third-order valence-electron chi connectivity index (χ3n) is 4.44. The number of likely N-dealkylation sites (N-methyl/N-ethyl adjacent to an activating group) is 1. The van der Waals surface area contributed by atoms with Crippen LogP contribution in [0.2, 0.25) is 0 Å². The van der Waals surface area contributed by atoms with Gasteiger partial charge in [0.05, 0.1) is 6.04 Å². The minimum Gasteiger partial charge on any atom is -0.484 e. The van der Waals surface area contributed by atoms with Crippen LogP contribution < -0.4 is 10.1 Å². The van der Waals surface area contributed by atoms with E-state index in [2.05, 4.69) is 5.32 Å². The molecular weight excluding hydrogens is 343 g/mol. The highest BCUT2D eigenvalue weighted by molar-refractivity contribution is 5.84. The summed E-state index contributed by atoms with van der Waals surface area (Å²) in [6.45, 7) is 0.304. The van der Waals surface area contributed by atoms with Gasteiger partial charge < -0.3 is 15.0 Å². The average Bonchev–Trinajstić information content (AvgIpc) is 2.66. The number of nitrogens with zero attached hydrogens (tertiary/aromatic N) is 1. The minimum atomic E-state index is -0.287. The molecule has 3 rings (SSSR count). The predicted octanol–water partition coefficient (Wildman–Crippen LogP) is 3.78. The Bertz CT molecular complexity index is 927. The highest BCUT2D eigenvalue weighted by Gasteiger charge is 2.16. The molecule has 5 heteroatoms. The molecule has 3 aromatic carbocycles. The van der Waals surface area contributed by atoms with Crippen LogP contribution in [0.3, 0.4) is 0 Å². The Labute approximate surface area is 158 Å². The molecule has 1 atom stereocenters. The number of carbonyl (C=O) groups excluding carboxylic acids is 1. The summed E-state index contributed by atoms with van der Waals surface area (Å²) < 4.78 is 19.1. The summed E-state index contributed by atoms with van der Waals surface area (Å²) in [6, 6.07) is 20.0. The van der Waals surface area contributed by atoms with E-state index >= 15 is 0 Å². The molecule has 1 N–H and O–H groups in total. The van der Waals surface area contributed by atoms with E-state index in [1.54, 1.807) is 6.07 Å². The second kappa shape index (κ2) is 8.64. The maximum absolute atomic E-state index is 13.5. The van der Waals surface area contributed by atoms with Crippen molar-refractivity contribution in [3.8, 4) is 5.75 Å². The number of amides is 1. The largest absolute Gasteiger partial charge is 0.484 e. The first-order valence-electron chi connectivity index (χ1n) is 8.83. The first-order chi connectivity index (χ1) is 13.0. The number of hydrogen-bond acceptors (Lipinski definition) is 3. The van der Waals surface area contributed by atoms with Gasteiger partial charge in [-0.3, -0.25) is 4.79 Å². The summed E-state index contributed by atoms with van der Waals surface area (Å²) in [5, 5.41) is 5.05. The van der Waals surface area contributed by atoms with E-state index in [0.717, 1.165) is 16.3 Å². The smallest absolute Gasteiger partial charge is 0.258 e. The van der Waals surface area contributed by atoms with Crippen LogP contribution in [0.4, 0.5) is 4.39 Å². The molecule has 0 aliphatic carbocycles. The summed E-state index contributed by atoms with van der Waals surface area (Å²) in [6.07, 6.45) is 0. The van der Waals surface area contributed by atoms with Gasteiger partial charge >= 0.3 is 0 Å². The van der Waals surface area contributed by atoms with Gasteiger partial charge in [0, 0.05) is 6.54 Å². The highest BCUT2D eigenvalue weighted by atomic mass is 19.1. The molecule has 0 saturated heterocycles. The maximum atomic E-state index is 13.5. The van der Waals surface area contributed by atoms with Crippen molar-refractivity contribution in [2.45, 2.75) is 6.04 Å². The third kappa shape index (κ3) is 5.05. The molecule has 140 valence electrons. The Morgan fingerprint density at radius 2 is 1.81 bits per heavy atom. The molecule has 0 aromatic heterocycles. The predicted molar refractivity (Wildman–Crippen MR) is 105 cm³/mol. The molecule has 0 aliphatic rings. The molecule has 0 aliphatic heterocycles. The van der Waals surface area contributed by atoms with Crippen molar-refractivity contribution in [1.29, 1.82) is 0 Å². The van der Waals surface area contributed by atoms with Gasteiger partial charge in [-0.05, 0) is 54.7 Å². The lowest BCUT2D eigenvalue weighted by molar-refractivity contribution is -0.123. The standard InChI is InChI=1S/C22H23FN2O2/c1-25(2)21(18-8-5-9-19(23)12-18)14-24-22(26)15-27-20-11-10-16-6-3-4-7-17(16)13-20/h3-13,21H,14-15H2,1-2H3,(H,24,26). The molecule has 0 radical (unpaired) electrons. The summed E-state index contributed by atoms with van der Waals surface area (Å²) in [4.78, 5) is 14.1. The van der Waals surface area contributed by atoms with Crippen molar-refractivity contribution < 1.29 is 13.9 Å². The Kier molecular flexibility index (Phi) is 6.04. The number of rotatable bonds is 7. The summed E-state index contributed by atoms with van der Waals surface area (Å²) in [5.41, 5.74) is 0.816. The topological polar surface area (TPSA) is 41.6 Å². The first-order valence-corrected chi connectivity index (χ1v) is 8.83. The molecule has 1 unspecified atom stereocenters. The van der Waals surface area contributed by atoms with E-state index in [-0.39, 0.29) is 24.4 Å². The fourth-order valence-electron chi connectivity index (χ4n) is 2.98. The minimum absolute atomic E-state index is 0.0678. The molecule has 27 heavy (non-hydrogen) atoms. The van der Waals surface area contributed by atoms with Gasteiger partial charge in [-0.2, -0.15) is 0 Å². The van der Waals surface area contributed by atoms with E-state index in [1.807, 2.05) is 67.5 Å². The zero-order chi connectivity index (χ0) is 19.2. The summed E-state index contributed by atoms with van der Waals surface area (Å²) >= 11 is 0. The fourth-order valence-corrected chi connectivity index (χ4v) is 2.98. The van der Waals surface area contributed by atoms with Gasteiger partial charge in [-0.1, -0.05) is 42.5 Å². The van der Waals surface area contributed by atoms with Crippen molar-refractivity contribution in [3.63, 3.8) is 0 Å². The van der Waals surface area contributed by atoms with E-state index in [9.17, 15) is 9.18 Å². The van der Waals surface area contributed by atoms with Gasteiger partial charge in [0.15, 0.2) is 6.61 Å². The number of halogens is 1. The van der Waals surface area contributed by atoms with Crippen molar-refractivity contribution in [1.82, 2.24) is 10.2 Å². The number of ether oxygens (including phenoxy) is 1. The van der Waals surface area contributed by atoms with Gasteiger partial charge in [0.25, 0.3) is 5.91 Å². The van der Waals surface area contributed by atoms with E-state index in [0.29, 0.717) is 12.3 Å². The molecule has 0 bridgehead atoms. The maximum Gasteiger partial charge on any atom is 0.258 e. The third-order valence-corrected chi connectivity index (χ3v) is 4.44. The van der Waals surface area contributed by atoms with E-state index < -0.39 is 0 Å². The SMILES string of the molecule is CN(C)C(CNC(=O)COc1ccc2ccccc2c1)c1cccc(F)c1. The molecule has 4 nitrogen and oxygen atoms in total. The average molecular weight is 366 g/mol. The van der Waals surface area contributed by atoms with Crippen LogP contribution in [0.15, 0.2) is 66.7 Å². The van der Waals surface area contributed by atoms with Crippen LogP contribution in [-0.4, -0.2) is 38.1 Å². The molecular formula is C22H23FN2O2. The Balaban J connectivity index is 1.56. The summed E-state index contributed by atoms with van der Waals surface area (Å²) in [5.74, 6) is 0.148. The second-order valence-electron chi connectivity index (χ2n) is 6.64. The van der Waals surface area contributed by atoms with E-state index in [4.69, 9.17) is 4.74 Å². The number of hydrogen-bond donors (Lipinski definition) is 1. The Morgan fingerprint density at radius 3 is 2.56 bits per heavy atom. The second-order valence-corrected chi connectivity index (χ2v) is 6.64. The molecule has 0 heterocycles. The molecule has 3 aromatic rings. The first kappa shape index (κ1) is 18.9. The van der Waals surface area contributed by atoms with Gasteiger partial charge in [0.2, 0.25) is 0 Å². The van der Waals surface area contributed by atoms with Crippen molar-refractivity contribution in [2.24, 2.45) is 0 Å². The fraction of sp³-hybridized carbons (Fsp3) is 0.227. The van der Waals surface area contributed by atoms with Crippen molar-refractivity contribution in [3.05, 3.63) is 78.1 Å². The van der Waals surface area contributed by atoms with Crippen LogP contribution in [-0.2, 0) is 4.79 Å². The lowest BCUT2D eigenvalue weighted by atomic mass is 10.1. The normalized spacial score (nSPS) is 12.1. The number of nitrogens with one attached hydrogen (secondary N) is 1. The molecule has 0 spiro atoms. The van der Waals surface area contributed by atoms with Crippen LogP contribution >= 0.6 is 0 Å². The molecule has 0 saturated carbocycles. The van der Waals surface area contributed by atoms with Gasteiger partial charge in [0.1, 0.15) is 11.6 Å². The Hall–Kier alpha value is -2.92. The zero-order valence-electron chi connectivity index (χ0n) is 15.5. The lowest BCUT2D eigenvalue weighted by Crippen LogP contribution is -2.36. The number of benzene rings is 3. The van der Waals surface area contributed by atoms with Crippen LogP contribution in [0, 0.1) is 5.82 Å². The summed E-state index contributed by atoms with van der Waals surface area (Å²) in [7, 11) is 3.79. The number of fused-ring (bicyclic) bond motifs is 1. The highest BCUT2D eigenvalue weighted by Crippen LogP contribution is 2.21. The van der Waals surface area contributed by atoms with E-state index in [1.165, 1.54) is 12.1 Å². The Morgan fingerprint density at radius 1 is 1.04 bits per heavy atom. The lowest BCUT2D eigenvalue weighted by Gasteiger charge is -2.25. The monoisotopic (exact) mass is 366 g/mol. The van der Waals surface area contributed by atoms with Crippen molar-refractivity contribution >= 4 is 16.7 Å². The van der Waals surface area contributed by atoms with Crippen LogP contribution in [0.1, 0.15) is 11.6 Å². The van der Waals surface area contributed by atoms with Gasteiger partial charge in [-0.15, -0.1) is 0 Å². The molecule has 0 fully saturated rings. The van der Waals surface area contributed by atoms with Crippen LogP contribution in [0.5, 0.6) is 5.75 Å². The van der Waals surface area contributed by atoms with Crippen molar-refractivity contribution in [2.75, 3.05) is 27.2 Å².